The predicted molar refractivity (Wildman–Crippen MR) is 66.7 cm³/mol. The van der Waals surface area contributed by atoms with Crippen LogP contribution in [0, 0.1) is 0 Å². The standard InChI is InChI=1S/C12H14N4O/c13-11-7-14-8-16-12(11)15-6-5-9-1-3-10(17)4-2-9/h1-4,7-8,17H,5-6,13H2,(H,14,15,16). The fraction of sp³-hybridized carbons (Fsp3) is 0.167. The Balaban J connectivity index is 1.88. The minimum atomic E-state index is 0.279. The predicted octanol–water partition coefficient (Wildman–Crippen LogP) is 1.42. The Morgan fingerprint density at radius 1 is 1.24 bits per heavy atom. The number of aromatic hydroxyl groups is 1. The number of hydrogen-bond acceptors (Lipinski definition) is 5. The number of aromatic nitrogens is 2. The zero-order valence-corrected chi connectivity index (χ0v) is 9.30. The Bertz CT molecular complexity index is 484. The molecule has 0 unspecified atom stereocenters. The van der Waals surface area contributed by atoms with Crippen LogP contribution in [0.1, 0.15) is 5.56 Å². The van der Waals surface area contributed by atoms with Gasteiger partial charge in [0.2, 0.25) is 0 Å². The number of phenols is 1. The second-order valence-electron chi connectivity index (χ2n) is 3.67. The first kappa shape index (κ1) is 11.2. The molecule has 0 aliphatic heterocycles. The molecule has 0 atom stereocenters. The van der Waals surface area contributed by atoms with Crippen molar-refractivity contribution in [1.29, 1.82) is 0 Å². The lowest BCUT2D eigenvalue weighted by Gasteiger charge is -2.07. The summed E-state index contributed by atoms with van der Waals surface area (Å²) in [5.74, 6) is 0.931. The molecule has 2 aromatic rings. The molecular weight excluding hydrogens is 216 g/mol. The topological polar surface area (TPSA) is 84.1 Å². The number of nitrogens with zero attached hydrogens (tertiary/aromatic N) is 2. The van der Waals surface area contributed by atoms with E-state index < -0.39 is 0 Å². The van der Waals surface area contributed by atoms with E-state index in [0.29, 0.717) is 11.5 Å². The summed E-state index contributed by atoms with van der Waals surface area (Å²) in [7, 11) is 0. The smallest absolute Gasteiger partial charge is 0.152 e. The number of nitrogens with two attached hydrogens (primary N) is 1. The second kappa shape index (κ2) is 5.16. The van der Waals surface area contributed by atoms with Gasteiger partial charge in [-0.1, -0.05) is 12.1 Å². The molecule has 0 amide bonds. The maximum absolute atomic E-state index is 9.15. The van der Waals surface area contributed by atoms with Crippen LogP contribution < -0.4 is 11.1 Å². The van der Waals surface area contributed by atoms with Gasteiger partial charge in [-0.3, -0.25) is 0 Å². The third kappa shape index (κ3) is 3.07. The van der Waals surface area contributed by atoms with Gasteiger partial charge in [-0.15, -0.1) is 0 Å². The van der Waals surface area contributed by atoms with Crippen LogP contribution in [-0.2, 0) is 6.42 Å². The summed E-state index contributed by atoms with van der Waals surface area (Å²) in [6, 6.07) is 7.13. The number of rotatable bonds is 4. The minimum Gasteiger partial charge on any atom is -0.508 e. The lowest BCUT2D eigenvalue weighted by Crippen LogP contribution is -2.08. The SMILES string of the molecule is Nc1cncnc1NCCc1ccc(O)cc1. The molecule has 0 bridgehead atoms. The molecule has 2 rings (SSSR count). The van der Waals surface area contributed by atoms with Gasteiger partial charge in [0.05, 0.1) is 11.9 Å². The molecular formula is C12H14N4O. The van der Waals surface area contributed by atoms with Crippen LogP contribution >= 0.6 is 0 Å². The molecule has 5 nitrogen and oxygen atoms in total. The Labute approximate surface area is 99.3 Å². The van der Waals surface area contributed by atoms with Crippen molar-refractivity contribution in [2.45, 2.75) is 6.42 Å². The van der Waals surface area contributed by atoms with Gasteiger partial charge in [0.25, 0.3) is 0 Å². The zero-order valence-electron chi connectivity index (χ0n) is 9.30. The number of hydrogen-bond donors (Lipinski definition) is 3. The van der Waals surface area contributed by atoms with Gasteiger partial charge in [0.15, 0.2) is 5.82 Å². The van der Waals surface area contributed by atoms with E-state index in [4.69, 9.17) is 10.8 Å². The maximum atomic E-state index is 9.15. The summed E-state index contributed by atoms with van der Waals surface area (Å²) < 4.78 is 0. The zero-order chi connectivity index (χ0) is 12.1. The van der Waals surface area contributed by atoms with Crippen molar-refractivity contribution in [3.05, 3.63) is 42.4 Å². The van der Waals surface area contributed by atoms with E-state index in [1.54, 1.807) is 18.3 Å². The quantitative estimate of drug-likeness (QED) is 0.739. The normalized spacial score (nSPS) is 10.1. The molecule has 17 heavy (non-hydrogen) atoms. The number of nitrogen functional groups attached to an aromatic ring is 1. The summed E-state index contributed by atoms with van der Waals surface area (Å²) in [5.41, 5.74) is 7.38. The molecule has 0 spiro atoms. The van der Waals surface area contributed by atoms with Crippen LogP contribution in [0.3, 0.4) is 0 Å². The van der Waals surface area contributed by atoms with E-state index in [0.717, 1.165) is 18.5 Å². The average Bonchev–Trinajstić information content (AvgIpc) is 2.34. The van der Waals surface area contributed by atoms with Gasteiger partial charge in [0.1, 0.15) is 12.1 Å². The van der Waals surface area contributed by atoms with E-state index in [2.05, 4.69) is 15.3 Å². The van der Waals surface area contributed by atoms with Crippen molar-refractivity contribution in [3.8, 4) is 5.75 Å². The van der Waals surface area contributed by atoms with Crippen LogP contribution in [0.4, 0.5) is 11.5 Å². The van der Waals surface area contributed by atoms with E-state index in [9.17, 15) is 0 Å². The number of nitrogens with one attached hydrogen (secondary N) is 1. The van der Waals surface area contributed by atoms with Crippen molar-refractivity contribution in [3.63, 3.8) is 0 Å². The Morgan fingerprint density at radius 2 is 2.00 bits per heavy atom. The van der Waals surface area contributed by atoms with Gasteiger partial charge < -0.3 is 16.2 Å². The number of phenolic OH excluding ortho intramolecular Hbond substituents is 1. The molecule has 1 aromatic carbocycles. The molecule has 4 N–H and O–H groups in total. The van der Waals surface area contributed by atoms with E-state index in [1.807, 2.05) is 12.1 Å². The second-order valence-corrected chi connectivity index (χ2v) is 3.67. The van der Waals surface area contributed by atoms with E-state index >= 15 is 0 Å². The van der Waals surface area contributed by atoms with Crippen molar-refractivity contribution in [2.75, 3.05) is 17.6 Å². The molecule has 0 radical (unpaired) electrons. The lowest BCUT2D eigenvalue weighted by molar-refractivity contribution is 0.475. The third-order valence-electron chi connectivity index (χ3n) is 2.38. The highest BCUT2D eigenvalue weighted by Crippen LogP contribution is 2.13. The Morgan fingerprint density at radius 3 is 2.71 bits per heavy atom. The molecule has 1 heterocycles. The summed E-state index contributed by atoms with van der Waals surface area (Å²) in [5, 5.41) is 12.3. The first-order chi connectivity index (χ1) is 8.25. The Kier molecular flexibility index (Phi) is 3.40. The molecule has 5 heteroatoms. The summed E-state index contributed by atoms with van der Waals surface area (Å²) in [4.78, 5) is 7.85. The molecule has 0 aliphatic rings. The first-order valence-corrected chi connectivity index (χ1v) is 5.33. The average molecular weight is 230 g/mol. The summed E-state index contributed by atoms with van der Waals surface area (Å²) >= 11 is 0. The summed E-state index contributed by atoms with van der Waals surface area (Å²) in [6.45, 7) is 0.728. The third-order valence-corrected chi connectivity index (χ3v) is 2.38. The van der Waals surface area contributed by atoms with Crippen LogP contribution in [0.2, 0.25) is 0 Å². The van der Waals surface area contributed by atoms with Crippen molar-refractivity contribution >= 4 is 11.5 Å². The number of anilines is 2. The van der Waals surface area contributed by atoms with Gasteiger partial charge in [-0.25, -0.2) is 9.97 Å². The maximum Gasteiger partial charge on any atom is 0.152 e. The highest BCUT2D eigenvalue weighted by molar-refractivity contribution is 5.58. The summed E-state index contributed by atoms with van der Waals surface area (Å²) in [6.07, 6.45) is 3.86. The lowest BCUT2D eigenvalue weighted by atomic mass is 10.1. The molecule has 0 saturated carbocycles. The van der Waals surface area contributed by atoms with Crippen LogP contribution in [0.25, 0.3) is 0 Å². The van der Waals surface area contributed by atoms with Crippen LogP contribution in [-0.4, -0.2) is 21.6 Å². The molecule has 1 aromatic heterocycles. The first-order valence-electron chi connectivity index (χ1n) is 5.33. The molecule has 0 fully saturated rings. The van der Waals surface area contributed by atoms with Gasteiger partial charge >= 0.3 is 0 Å². The van der Waals surface area contributed by atoms with Crippen LogP contribution in [0.5, 0.6) is 5.75 Å². The number of benzene rings is 1. The monoisotopic (exact) mass is 230 g/mol. The van der Waals surface area contributed by atoms with Crippen molar-refractivity contribution in [2.24, 2.45) is 0 Å². The highest BCUT2D eigenvalue weighted by Gasteiger charge is 1.99. The highest BCUT2D eigenvalue weighted by atomic mass is 16.3. The van der Waals surface area contributed by atoms with Gasteiger partial charge in [-0.2, -0.15) is 0 Å². The molecule has 88 valence electrons. The van der Waals surface area contributed by atoms with Crippen molar-refractivity contribution in [1.82, 2.24) is 9.97 Å². The van der Waals surface area contributed by atoms with Crippen LogP contribution in [0.15, 0.2) is 36.8 Å². The fourth-order valence-electron chi connectivity index (χ4n) is 1.48. The fourth-order valence-corrected chi connectivity index (χ4v) is 1.48. The molecule has 0 aliphatic carbocycles. The van der Waals surface area contributed by atoms with Gasteiger partial charge in [-0.05, 0) is 24.1 Å². The van der Waals surface area contributed by atoms with Crippen molar-refractivity contribution < 1.29 is 5.11 Å². The molecule has 0 saturated heterocycles. The largest absolute Gasteiger partial charge is 0.508 e. The Hall–Kier alpha value is -2.30. The van der Waals surface area contributed by atoms with E-state index in [1.165, 1.54) is 6.33 Å². The van der Waals surface area contributed by atoms with E-state index in [-0.39, 0.29) is 5.75 Å². The van der Waals surface area contributed by atoms with Gasteiger partial charge in [0, 0.05) is 6.54 Å². The minimum absolute atomic E-state index is 0.279.